The summed E-state index contributed by atoms with van der Waals surface area (Å²) < 4.78 is 26.3. The van der Waals surface area contributed by atoms with Gasteiger partial charge in [0, 0.05) is 0 Å². The number of benzene rings is 1. The first-order valence-corrected chi connectivity index (χ1v) is 4.40. The minimum Gasteiger partial charge on any atom is -0.204 e. The zero-order chi connectivity index (χ0) is 8.72. The number of hydrogen-bond acceptors (Lipinski definition) is 1. The molecule has 1 aromatic carbocycles. The highest BCUT2D eigenvalue weighted by Crippen LogP contribution is 2.28. The van der Waals surface area contributed by atoms with E-state index in [9.17, 15) is 8.78 Å². The second-order valence-corrected chi connectivity index (χ2v) is 3.57. The lowest BCUT2D eigenvalue weighted by atomic mass is 10.1. The summed E-state index contributed by atoms with van der Waals surface area (Å²) in [5.74, 6) is -1.49. The third-order valence-corrected chi connectivity index (χ3v) is 2.75. The van der Waals surface area contributed by atoms with Gasteiger partial charge in [0.15, 0.2) is 11.6 Å². The fraction of sp³-hybridized carbons (Fsp3) is 0.111. The lowest BCUT2D eigenvalue weighted by Gasteiger charge is -1.98. The standard InChI is InChI=1S/C9H6F2S/c1-5-4-7(10)8(11)9-6(5)2-3-12-9/h2-4H,1H3. The molecule has 0 saturated heterocycles. The van der Waals surface area contributed by atoms with Gasteiger partial charge in [-0.15, -0.1) is 11.3 Å². The van der Waals surface area contributed by atoms with Crippen LogP contribution in [0.2, 0.25) is 0 Å². The van der Waals surface area contributed by atoms with Crippen LogP contribution in [0.5, 0.6) is 0 Å². The molecule has 0 unspecified atom stereocenters. The molecule has 0 N–H and O–H groups in total. The molecule has 1 heterocycles. The van der Waals surface area contributed by atoms with Gasteiger partial charge in [-0.25, -0.2) is 8.78 Å². The fourth-order valence-corrected chi connectivity index (χ4v) is 2.13. The Morgan fingerprint density at radius 2 is 2.08 bits per heavy atom. The molecule has 1 aromatic heterocycles. The van der Waals surface area contributed by atoms with Gasteiger partial charge in [-0.2, -0.15) is 0 Å². The van der Waals surface area contributed by atoms with Crippen LogP contribution in [0.4, 0.5) is 8.78 Å². The zero-order valence-corrected chi connectivity index (χ0v) is 7.21. The van der Waals surface area contributed by atoms with Crippen LogP contribution in [0.25, 0.3) is 10.1 Å². The van der Waals surface area contributed by atoms with Crippen molar-refractivity contribution >= 4 is 21.4 Å². The molecular weight excluding hydrogens is 178 g/mol. The van der Waals surface area contributed by atoms with E-state index in [0.717, 1.165) is 10.9 Å². The third-order valence-electron chi connectivity index (χ3n) is 1.84. The van der Waals surface area contributed by atoms with Gasteiger partial charge in [-0.05, 0) is 35.4 Å². The molecule has 0 amide bonds. The van der Waals surface area contributed by atoms with Crippen LogP contribution in [0.3, 0.4) is 0 Å². The summed E-state index contributed by atoms with van der Waals surface area (Å²) in [4.78, 5) is 0. The van der Waals surface area contributed by atoms with Gasteiger partial charge in [-0.3, -0.25) is 0 Å². The van der Waals surface area contributed by atoms with Gasteiger partial charge in [0.25, 0.3) is 0 Å². The van der Waals surface area contributed by atoms with E-state index in [2.05, 4.69) is 0 Å². The van der Waals surface area contributed by atoms with Crippen molar-refractivity contribution in [3.05, 3.63) is 34.7 Å². The largest absolute Gasteiger partial charge is 0.204 e. The van der Waals surface area contributed by atoms with Crippen LogP contribution in [-0.2, 0) is 0 Å². The van der Waals surface area contributed by atoms with Gasteiger partial charge >= 0.3 is 0 Å². The molecule has 3 heteroatoms. The second kappa shape index (κ2) is 2.52. The third kappa shape index (κ3) is 0.932. The molecule has 2 rings (SSSR count). The predicted octanol–water partition coefficient (Wildman–Crippen LogP) is 3.49. The number of halogens is 2. The average molecular weight is 184 g/mol. The Kier molecular flexibility index (Phi) is 1.61. The van der Waals surface area contributed by atoms with Crippen LogP contribution in [-0.4, -0.2) is 0 Å². The number of rotatable bonds is 0. The van der Waals surface area contributed by atoms with Crippen molar-refractivity contribution in [1.29, 1.82) is 0 Å². The highest BCUT2D eigenvalue weighted by atomic mass is 32.1. The van der Waals surface area contributed by atoms with Crippen molar-refractivity contribution in [3.8, 4) is 0 Å². The van der Waals surface area contributed by atoms with Crippen LogP contribution in [0.15, 0.2) is 17.5 Å². The Hall–Kier alpha value is -0.960. The summed E-state index contributed by atoms with van der Waals surface area (Å²) in [5, 5.41) is 2.57. The molecule has 0 atom stereocenters. The lowest BCUT2D eigenvalue weighted by molar-refractivity contribution is 0.517. The quantitative estimate of drug-likeness (QED) is 0.588. The number of fused-ring (bicyclic) bond motifs is 1. The smallest absolute Gasteiger partial charge is 0.176 e. The Labute approximate surface area is 72.4 Å². The summed E-state index contributed by atoms with van der Waals surface area (Å²) in [6.45, 7) is 1.78. The summed E-state index contributed by atoms with van der Waals surface area (Å²) in [5.41, 5.74) is 0.783. The Morgan fingerprint density at radius 1 is 1.33 bits per heavy atom. The molecule has 0 aliphatic rings. The molecule has 2 aromatic rings. The highest BCUT2D eigenvalue weighted by molar-refractivity contribution is 7.17. The topological polar surface area (TPSA) is 0 Å². The zero-order valence-electron chi connectivity index (χ0n) is 6.40. The maximum atomic E-state index is 13.0. The molecule has 0 radical (unpaired) electrons. The number of thiophene rings is 1. The molecule has 12 heavy (non-hydrogen) atoms. The minimum atomic E-state index is -0.762. The van der Waals surface area contributed by atoms with Crippen molar-refractivity contribution in [2.75, 3.05) is 0 Å². The molecule has 0 fully saturated rings. The molecule has 0 aliphatic heterocycles. The van der Waals surface area contributed by atoms with Crippen molar-refractivity contribution in [3.63, 3.8) is 0 Å². The van der Waals surface area contributed by atoms with Gasteiger partial charge in [0.2, 0.25) is 0 Å². The van der Waals surface area contributed by atoms with E-state index in [1.807, 2.05) is 0 Å². The molecule has 0 spiro atoms. The normalized spacial score (nSPS) is 10.9. The Morgan fingerprint density at radius 3 is 2.83 bits per heavy atom. The second-order valence-electron chi connectivity index (χ2n) is 2.65. The minimum absolute atomic E-state index is 0.410. The van der Waals surface area contributed by atoms with E-state index in [-0.39, 0.29) is 0 Å². The summed E-state index contributed by atoms with van der Waals surface area (Å²) in [6.07, 6.45) is 0. The first-order valence-electron chi connectivity index (χ1n) is 3.52. The van der Waals surface area contributed by atoms with Gasteiger partial charge in [-0.1, -0.05) is 0 Å². The Bertz CT molecular complexity index is 431. The number of aryl methyl sites for hydroxylation is 1. The summed E-state index contributed by atoms with van der Waals surface area (Å²) in [7, 11) is 0. The highest BCUT2D eigenvalue weighted by Gasteiger charge is 2.10. The molecule has 0 aliphatic carbocycles. The van der Waals surface area contributed by atoms with E-state index in [1.54, 1.807) is 18.4 Å². The van der Waals surface area contributed by atoms with Gasteiger partial charge in [0.05, 0.1) is 4.70 Å². The lowest BCUT2D eigenvalue weighted by Crippen LogP contribution is -1.85. The van der Waals surface area contributed by atoms with Gasteiger partial charge in [0.1, 0.15) is 0 Å². The molecule has 0 bridgehead atoms. The van der Waals surface area contributed by atoms with Crippen LogP contribution in [0.1, 0.15) is 5.56 Å². The molecular formula is C9H6F2S. The summed E-state index contributed by atoms with van der Waals surface area (Å²) in [6, 6.07) is 3.03. The molecule has 0 saturated carbocycles. The molecule has 62 valence electrons. The SMILES string of the molecule is Cc1cc(F)c(F)c2sccc12. The first kappa shape index (κ1) is 7.68. The van der Waals surface area contributed by atoms with E-state index in [1.165, 1.54) is 17.4 Å². The predicted molar refractivity (Wildman–Crippen MR) is 46.5 cm³/mol. The van der Waals surface area contributed by atoms with E-state index < -0.39 is 11.6 Å². The molecule has 0 nitrogen and oxygen atoms in total. The maximum absolute atomic E-state index is 13.0. The first-order chi connectivity index (χ1) is 5.70. The monoisotopic (exact) mass is 184 g/mol. The van der Waals surface area contributed by atoms with Crippen molar-refractivity contribution in [1.82, 2.24) is 0 Å². The Balaban J connectivity index is 2.97. The van der Waals surface area contributed by atoms with E-state index in [4.69, 9.17) is 0 Å². The van der Waals surface area contributed by atoms with Crippen LogP contribution < -0.4 is 0 Å². The van der Waals surface area contributed by atoms with Crippen LogP contribution in [0, 0.1) is 18.6 Å². The van der Waals surface area contributed by atoms with Gasteiger partial charge < -0.3 is 0 Å². The maximum Gasteiger partial charge on any atom is 0.176 e. The van der Waals surface area contributed by atoms with Crippen molar-refractivity contribution in [2.24, 2.45) is 0 Å². The summed E-state index contributed by atoms with van der Waals surface area (Å²) >= 11 is 1.23. The van der Waals surface area contributed by atoms with Crippen LogP contribution >= 0.6 is 11.3 Å². The van der Waals surface area contributed by atoms with E-state index in [0.29, 0.717) is 4.70 Å². The number of hydrogen-bond donors (Lipinski definition) is 0. The van der Waals surface area contributed by atoms with Crippen molar-refractivity contribution in [2.45, 2.75) is 6.92 Å². The fourth-order valence-electron chi connectivity index (χ4n) is 1.23. The average Bonchev–Trinajstić information content (AvgIpc) is 2.48. The van der Waals surface area contributed by atoms with Crippen molar-refractivity contribution < 1.29 is 8.78 Å². The van der Waals surface area contributed by atoms with E-state index >= 15 is 0 Å².